The highest BCUT2D eigenvalue weighted by molar-refractivity contribution is 7.98. The summed E-state index contributed by atoms with van der Waals surface area (Å²) >= 11 is 1.54. The van der Waals surface area contributed by atoms with Gasteiger partial charge >= 0.3 is 5.97 Å². The van der Waals surface area contributed by atoms with Crippen LogP contribution in [-0.4, -0.2) is 41.2 Å². The molecule has 0 radical (unpaired) electrons. The zero-order valence-corrected chi connectivity index (χ0v) is 14.4. The van der Waals surface area contributed by atoms with Crippen molar-refractivity contribution in [1.82, 2.24) is 4.90 Å². The van der Waals surface area contributed by atoms with Crippen molar-refractivity contribution in [2.24, 2.45) is 0 Å². The highest BCUT2D eigenvalue weighted by Crippen LogP contribution is 2.27. The van der Waals surface area contributed by atoms with E-state index >= 15 is 0 Å². The van der Waals surface area contributed by atoms with Crippen LogP contribution in [0.4, 0.5) is 0 Å². The number of nitrogens with zero attached hydrogens (tertiary/aromatic N) is 1. The van der Waals surface area contributed by atoms with E-state index in [-0.39, 0.29) is 11.9 Å². The van der Waals surface area contributed by atoms with Gasteiger partial charge < -0.3 is 9.64 Å². The van der Waals surface area contributed by atoms with Crippen LogP contribution in [0.2, 0.25) is 0 Å². The first kappa shape index (κ1) is 16.9. The van der Waals surface area contributed by atoms with Gasteiger partial charge in [-0.05, 0) is 52.0 Å². The van der Waals surface area contributed by atoms with Crippen molar-refractivity contribution in [1.29, 1.82) is 0 Å². The molecule has 0 aromatic heterocycles. The zero-order chi connectivity index (χ0) is 16.3. The van der Waals surface area contributed by atoms with Gasteiger partial charge in [0.25, 0.3) is 5.91 Å². The first-order valence-corrected chi connectivity index (χ1v) is 8.73. The summed E-state index contributed by atoms with van der Waals surface area (Å²) in [4.78, 5) is 27.7. The molecule has 0 N–H and O–H groups in total. The Morgan fingerprint density at radius 1 is 1.27 bits per heavy atom. The van der Waals surface area contributed by atoms with Crippen molar-refractivity contribution in [2.45, 2.75) is 50.2 Å². The third-order valence-corrected chi connectivity index (χ3v) is 4.33. The van der Waals surface area contributed by atoms with Crippen LogP contribution in [-0.2, 0) is 9.53 Å². The van der Waals surface area contributed by atoms with E-state index in [9.17, 15) is 9.59 Å². The lowest BCUT2D eigenvalue weighted by Crippen LogP contribution is -2.43. The number of likely N-dealkylation sites (tertiary alicyclic amines) is 1. The van der Waals surface area contributed by atoms with Crippen LogP contribution < -0.4 is 0 Å². The van der Waals surface area contributed by atoms with E-state index < -0.39 is 11.6 Å². The van der Waals surface area contributed by atoms with Crippen LogP contribution in [0.3, 0.4) is 0 Å². The lowest BCUT2D eigenvalue weighted by molar-refractivity contribution is -0.159. The molecule has 1 heterocycles. The van der Waals surface area contributed by atoms with E-state index in [1.807, 2.05) is 51.3 Å². The van der Waals surface area contributed by atoms with Gasteiger partial charge in [0, 0.05) is 11.4 Å². The molecule has 0 aliphatic carbocycles. The van der Waals surface area contributed by atoms with Crippen molar-refractivity contribution in [2.75, 3.05) is 12.8 Å². The minimum atomic E-state index is -0.536. The lowest BCUT2D eigenvalue weighted by atomic mass is 10.1. The fourth-order valence-corrected chi connectivity index (χ4v) is 3.19. The summed E-state index contributed by atoms with van der Waals surface area (Å²) in [5, 5.41) is 0. The predicted octanol–water partition coefficient (Wildman–Crippen LogP) is 3.35. The van der Waals surface area contributed by atoms with E-state index in [4.69, 9.17) is 4.74 Å². The Morgan fingerprint density at radius 2 is 1.95 bits per heavy atom. The Hall–Kier alpha value is -1.49. The molecular formula is C17H23NO3S. The van der Waals surface area contributed by atoms with Crippen molar-refractivity contribution >= 4 is 23.6 Å². The predicted molar refractivity (Wildman–Crippen MR) is 88.1 cm³/mol. The Labute approximate surface area is 136 Å². The maximum atomic E-state index is 12.8. The SMILES string of the molecule is CSc1ccccc1C(=O)N1CCC[C@H]1C(=O)OC(C)(C)C. The number of ether oxygens (including phenoxy) is 1. The number of rotatable bonds is 3. The monoisotopic (exact) mass is 321 g/mol. The first-order chi connectivity index (χ1) is 10.3. The van der Waals surface area contributed by atoms with E-state index in [1.54, 1.807) is 4.90 Å². The number of hydrogen-bond donors (Lipinski definition) is 0. The van der Waals surface area contributed by atoms with E-state index in [0.717, 1.165) is 11.3 Å². The number of carbonyl (C=O) groups excluding carboxylic acids is 2. The topological polar surface area (TPSA) is 46.6 Å². The largest absolute Gasteiger partial charge is 0.458 e. The Morgan fingerprint density at radius 3 is 2.59 bits per heavy atom. The van der Waals surface area contributed by atoms with Crippen LogP contribution in [0.25, 0.3) is 0 Å². The van der Waals surface area contributed by atoms with Gasteiger partial charge in [0.2, 0.25) is 0 Å². The Balaban J connectivity index is 2.20. The molecule has 0 unspecified atom stereocenters. The minimum absolute atomic E-state index is 0.0849. The van der Waals surface area contributed by atoms with Crippen molar-refractivity contribution in [3.05, 3.63) is 29.8 Å². The number of benzene rings is 1. The molecule has 1 amide bonds. The molecule has 4 nitrogen and oxygen atoms in total. The molecule has 0 bridgehead atoms. The second-order valence-electron chi connectivity index (χ2n) is 6.39. The molecule has 120 valence electrons. The van der Waals surface area contributed by atoms with Crippen molar-refractivity contribution in [3.8, 4) is 0 Å². The summed E-state index contributed by atoms with van der Waals surface area (Å²) in [6.07, 6.45) is 3.45. The quantitative estimate of drug-likeness (QED) is 0.633. The zero-order valence-electron chi connectivity index (χ0n) is 13.6. The third kappa shape index (κ3) is 3.83. The molecule has 22 heavy (non-hydrogen) atoms. The minimum Gasteiger partial charge on any atom is -0.458 e. The highest BCUT2D eigenvalue weighted by atomic mass is 32.2. The van der Waals surface area contributed by atoms with Gasteiger partial charge in [0.05, 0.1) is 5.56 Å². The van der Waals surface area contributed by atoms with Crippen LogP contribution in [0.1, 0.15) is 44.0 Å². The Bertz CT molecular complexity index is 565. The maximum Gasteiger partial charge on any atom is 0.329 e. The molecule has 1 aromatic rings. The number of carbonyl (C=O) groups is 2. The maximum absolute atomic E-state index is 12.8. The number of thioether (sulfide) groups is 1. The van der Waals surface area contributed by atoms with E-state index in [1.165, 1.54) is 11.8 Å². The van der Waals surface area contributed by atoms with Crippen molar-refractivity contribution < 1.29 is 14.3 Å². The van der Waals surface area contributed by atoms with Gasteiger partial charge in [0.1, 0.15) is 11.6 Å². The van der Waals surface area contributed by atoms with Crippen molar-refractivity contribution in [3.63, 3.8) is 0 Å². The van der Waals surface area contributed by atoms with Gasteiger partial charge in [-0.15, -0.1) is 11.8 Å². The summed E-state index contributed by atoms with van der Waals surface area (Å²) < 4.78 is 5.46. The average molecular weight is 321 g/mol. The molecule has 1 aliphatic rings. The molecule has 0 spiro atoms. The first-order valence-electron chi connectivity index (χ1n) is 7.50. The summed E-state index contributed by atoms with van der Waals surface area (Å²) in [5.41, 5.74) is 0.122. The van der Waals surface area contributed by atoms with Gasteiger partial charge in [-0.1, -0.05) is 12.1 Å². The molecule has 1 aromatic carbocycles. The number of amides is 1. The number of esters is 1. The molecule has 0 saturated carbocycles. The highest BCUT2D eigenvalue weighted by Gasteiger charge is 2.37. The van der Waals surface area contributed by atoms with Gasteiger partial charge in [-0.2, -0.15) is 0 Å². The number of hydrogen-bond acceptors (Lipinski definition) is 4. The Kier molecular flexibility index (Phi) is 5.16. The average Bonchev–Trinajstić information content (AvgIpc) is 2.94. The van der Waals surface area contributed by atoms with Crippen LogP contribution in [0.5, 0.6) is 0 Å². The van der Waals surface area contributed by atoms with E-state index in [2.05, 4.69) is 0 Å². The summed E-state index contributed by atoms with van der Waals surface area (Å²) in [6, 6.07) is 7.04. The van der Waals surface area contributed by atoms with Crippen LogP contribution in [0.15, 0.2) is 29.2 Å². The van der Waals surface area contributed by atoms with Crippen LogP contribution >= 0.6 is 11.8 Å². The third-order valence-electron chi connectivity index (χ3n) is 3.53. The van der Waals surface area contributed by atoms with Gasteiger partial charge in [-0.3, -0.25) is 4.79 Å². The summed E-state index contributed by atoms with van der Waals surface area (Å²) in [6.45, 7) is 6.13. The second kappa shape index (κ2) is 6.73. The normalized spacial score (nSPS) is 18.4. The van der Waals surface area contributed by atoms with E-state index in [0.29, 0.717) is 18.5 Å². The fraction of sp³-hybridized carbons (Fsp3) is 0.529. The molecule has 1 saturated heterocycles. The molecular weight excluding hydrogens is 298 g/mol. The molecule has 1 fully saturated rings. The van der Waals surface area contributed by atoms with Gasteiger partial charge in [-0.25, -0.2) is 4.79 Å². The molecule has 5 heteroatoms. The summed E-state index contributed by atoms with van der Waals surface area (Å²) in [5.74, 6) is -0.390. The molecule has 1 atom stereocenters. The van der Waals surface area contributed by atoms with Crippen LogP contribution in [0, 0.1) is 0 Å². The van der Waals surface area contributed by atoms with Gasteiger partial charge in [0.15, 0.2) is 0 Å². The fourth-order valence-electron chi connectivity index (χ4n) is 2.60. The molecule has 1 aliphatic heterocycles. The second-order valence-corrected chi connectivity index (χ2v) is 7.24. The molecule has 2 rings (SSSR count). The smallest absolute Gasteiger partial charge is 0.329 e. The lowest BCUT2D eigenvalue weighted by Gasteiger charge is -2.27. The summed E-state index contributed by atoms with van der Waals surface area (Å²) in [7, 11) is 0. The standard InChI is InChI=1S/C17H23NO3S/c1-17(2,3)21-16(20)13-9-7-11-18(13)15(19)12-8-5-6-10-14(12)22-4/h5-6,8,10,13H,7,9,11H2,1-4H3/t13-/m0/s1.